The van der Waals surface area contributed by atoms with Gasteiger partial charge in [-0.15, -0.1) is 0 Å². The van der Waals surface area contributed by atoms with Crippen LogP contribution in [0.25, 0.3) is 0 Å². The summed E-state index contributed by atoms with van der Waals surface area (Å²) in [4.78, 5) is 16.8. The van der Waals surface area contributed by atoms with E-state index in [9.17, 15) is 4.79 Å². The quantitative estimate of drug-likeness (QED) is 0.860. The standard InChI is InChI=1S/C18H21N5O/c1-14-11-17(21(2)20-14)18(24)23-9-7-22(8-10-23)13-16-5-3-15(12-19)4-6-16/h3-6,11H,7-10,13H2,1-2H3. The molecule has 1 aliphatic rings. The first-order valence-corrected chi connectivity index (χ1v) is 8.08. The normalized spacial score (nSPS) is 15.3. The van der Waals surface area contributed by atoms with Crippen LogP contribution in [0, 0.1) is 18.3 Å². The fourth-order valence-corrected chi connectivity index (χ4v) is 3.02. The van der Waals surface area contributed by atoms with E-state index < -0.39 is 0 Å². The molecule has 0 bridgehead atoms. The van der Waals surface area contributed by atoms with E-state index in [-0.39, 0.29) is 5.91 Å². The third kappa shape index (κ3) is 3.47. The summed E-state index contributed by atoms with van der Waals surface area (Å²) in [6.45, 7) is 5.88. The molecule has 6 nitrogen and oxygen atoms in total. The highest BCUT2D eigenvalue weighted by molar-refractivity contribution is 5.92. The second kappa shape index (κ2) is 6.85. The van der Waals surface area contributed by atoms with Gasteiger partial charge in [0.25, 0.3) is 5.91 Å². The van der Waals surface area contributed by atoms with E-state index >= 15 is 0 Å². The Morgan fingerprint density at radius 3 is 2.42 bits per heavy atom. The zero-order chi connectivity index (χ0) is 17.1. The SMILES string of the molecule is Cc1cc(C(=O)N2CCN(Cc3ccc(C#N)cc3)CC2)n(C)n1. The van der Waals surface area contributed by atoms with Crippen LogP contribution in [0.2, 0.25) is 0 Å². The molecule has 2 aromatic rings. The Balaban J connectivity index is 1.56. The largest absolute Gasteiger partial charge is 0.335 e. The first kappa shape index (κ1) is 16.2. The lowest BCUT2D eigenvalue weighted by atomic mass is 10.1. The number of aryl methyl sites for hydroxylation is 2. The Morgan fingerprint density at radius 1 is 1.21 bits per heavy atom. The van der Waals surface area contributed by atoms with Crippen molar-refractivity contribution >= 4 is 5.91 Å². The summed E-state index contributed by atoms with van der Waals surface area (Å²) in [7, 11) is 1.81. The molecule has 3 rings (SSSR count). The predicted octanol–water partition coefficient (Wildman–Crippen LogP) is 1.56. The second-order valence-corrected chi connectivity index (χ2v) is 6.17. The Morgan fingerprint density at radius 2 is 1.88 bits per heavy atom. The molecule has 1 aromatic heterocycles. The topological polar surface area (TPSA) is 65.2 Å². The lowest BCUT2D eigenvalue weighted by Crippen LogP contribution is -2.48. The van der Waals surface area contributed by atoms with E-state index in [1.807, 2.05) is 42.2 Å². The highest BCUT2D eigenvalue weighted by atomic mass is 16.2. The number of carbonyl (C=O) groups excluding carboxylic acids is 1. The van der Waals surface area contributed by atoms with Crippen molar-refractivity contribution in [1.29, 1.82) is 5.26 Å². The van der Waals surface area contributed by atoms with E-state index in [4.69, 9.17) is 5.26 Å². The maximum Gasteiger partial charge on any atom is 0.272 e. The monoisotopic (exact) mass is 323 g/mol. The first-order chi connectivity index (χ1) is 11.6. The average Bonchev–Trinajstić information content (AvgIpc) is 2.94. The third-order valence-corrected chi connectivity index (χ3v) is 4.37. The van der Waals surface area contributed by atoms with Gasteiger partial charge in [-0.2, -0.15) is 10.4 Å². The van der Waals surface area contributed by atoms with Gasteiger partial charge in [0, 0.05) is 39.8 Å². The average molecular weight is 323 g/mol. The first-order valence-electron chi connectivity index (χ1n) is 8.08. The maximum atomic E-state index is 12.6. The van der Waals surface area contributed by atoms with Crippen LogP contribution in [0.5, 0.6) is 0 Å². The molecule has 2 heterocycles. The summed E-state index contributed by atoms with van der Waals surface area (Å²) in [5.74, 6) is 0.0520. The van der Waals surface area contributed by atoms with Gasteiger partial charge < -0.3 is 4.90 Å². The number of nitrogens with zero attached hydrogens (tertiary/aromatic N) is 5. The van der Waals surface area contributed by atoms with Crippen molar-refractivity contribution in [2.45, 2.75) is 13.5 Å². The number of amides is 1. The third-order valence-electron chi connectivity index (χ3n) is 4.37. The number of benzene rings is 1. The van der Waals surface area contributed by atoms with Crippen LogP contribution in [0.3, 0.4) is 0 Å². The molecule has 1 amide bonds. The maximum absolute atomic E-state index is 12.6. The summed E-state index contributed by atoms with van der Waals surface area (Å²) in [6.07, 6.45) is 0. The van der Waals surface area contributed by atoms with E-state index in [1.165, 1.54) is 5.56 Å². The Labute approximate surface area is 141 Å². The van der Waals surface area contributed by atoms with Gasteiger partial charge in [-0.05, 0) is 30.7 Å². The molecule has 6 heteroatoms. The molecule has 0 aliphatic carbocycles. The van der Waals surface area contributed by atoms with Gasteiger partial charge in [-0.25, -0.2) is 0 Å². The number of nitriles is 1. The minimum atomic E-state index is 0.0520. The fourth-order valence-electron chi connectivity index (χ4n) is 3.02. The summed E-state index contributed by atoms with van der Waals surface area (Å²) in [5, 5.41) is 13.1. The van der Waals surface area contributed by atoms with Crippen molar-refractivity contribution in [2.24, 2.45) is 7.05 Å². The van der Waals surface area contributed by atoms with E-state index in [2.05, 4.69) is 16.1 Å². The Hall–Kier alpha value is -2.65. The van der Waals surface area contributed by atoms with Crippen LogP contribution in [-0.4, -0.2) is 51.7 Å². The lowest BCUT2D eigenvalue weighted by Gasteiger charge is -2.34. The number of hydrogen-bond donors (Lipinski definition) is 0. The van der Waals surface area contributed by atoms with Crippen molar-refractivity contribution in [1.82, 2.24) is 19.6 Å². The van der Waals surface area contributed by atoms with Crippen LogP contribution >= 0.6 is 0 Å². The molecule has 0 atom stereocenters. The molecule has 0 N–H and O–H groups in total. The fraction of sp³-hybridized carbons (Fsp3) is 0.389. The molecular formula is C18H21N5O. The van der Waals surface area contributed by atoms with Crippen LogP contribution < -0.4 is 0 Å². The molecular weight excluding hydrogens is 302 g/mol. The van der Waals surface area contributed by atoms with Crippen LogP contribution in [0.15, 0.2) is 30.3 Å². The van der Waals surface area contributed by atoms with E-state index in [1.54, 1.807) is 11.7 Å². The molecule has 0 radical (unpaired) electrons. The molecule has 124 valence electrons. The highest BCUT2D eigenvalue weighted by Gasteiger charge is 2.24. The summed E-state index contributed by atoms with van der Waals surface area (Å²) < 4.78 is 1.65. The molecule has 1 aromatic carbocycles. The zero-order valence-corrected chi connectivity index (χ0v) is 14.1. The van der Waals surface area contributed by atoms with Crippen LogP contribution in [0.4, 0.5) is 0 Å². The van der Waals surface area contributed by atoms with Crippen molar-refractivity contribution in [3.8, 4) is 6.07 Å². The molecule has 0 saturated carbocycles. The second-order valence-electron chi connectivity index (χ2n) is 6.17. The molecule has 0 unspecified atom stereocenters. The van der Waals surface area contributed by atoms with Gasteiger partial charge in [-0.1, -0.05) is 12.1 Å². The summed E-state index contributed by atoms with van der Waals surface area (Å²) >= 11 is 0. The molecule has 1 saturated heterocycles. The lowest BCUT2D eigenvalue weighted by molar-refractivity contribution is 0.0618. The van der Waals surface area contributed by atoms with Crippen LogP contribution in [0.1, 0.15) is 27.3 Å². The number of piperazine rings is 1. The summed E-state index contributed by atoms with van der Waals surface area (Å²) in [6, 6.07) is 11.7. The number of carbonyl (C=O) groups is 1. The van der Waals surface area contributed by atoms with Gasteiger partial charge in [0.05, 0.1) is 17.3 Å². The van der Waals surface area contributed by atoms with Gasteiger partial charge in [0.1, 0.15) is 5.69 Å². The Kier molecular flexibility index (Phi) is 4.63. The number of hydrogen-bond acceptors (Lipinski definition) is 4. The predicted molar refractivity (Wildman–Crippen MR) is 90.3 cm³/mol. The van der Waals surface area contributed by atoms with Gasteiger partial charge in [0.15, 0.2) is 0 Å². The minimum absolute atomic E-state index is 0.0520. The summed E-state index contributed by atoms with van der Waals surface area (Å²) in [5.41, 5.74) is 3.38. The molecule has 24 heavy (non-hydrogen) atoms. The zero-order valence-electron chi connectivity index (χ0n) is 14.1. The number of rotatable bonds is 3. The molecule has 1 aliphatic heterocycles. The van der Waals surface area contributed by atoms with E-state index in [0.29, 0.717) is 11.3 Å². The van der Waals surface area contributed by atoms with Gasteiger partial charge in [-0.3, -0.25) is 14.4 Å². The number of aromatic nitrogens is 2. The van der Waals surface area contributed by atoms with Gasteiger partial charge >= 0.3 is 0 Å². The van der Waals surface area contributed by atoms with Crippen LogP contribution in [-0.2, 0) is 13.6 Å². The van der Waals surface area contributed by atoms with E-state index in [0.717, 1.165) is 38.4 Å². The highest BCUT2D eigenvalue weighted by Crippen LogP contribution is 2.13. The molecule has 1 fully saturated rings. The Bertz CT molecular complexity index is 764. The van der Waals surface area contributed by atoms with Gasteiger partial charge in [0.2, 0.25) is 0 Å². The van der Waals surface area contributed by atoms with Crippen molar-refractivity contribution in [3.05, 3.63) is 52.8 Å². The van der Waals surface area contributed by atoms with Crippen molar-refractivity contribution < 1.29 is 4.79 Å². The van der Waals surface area contributed by atoms with Crippen molar-refractivity contribution in [2.75, 3.05) is 26.2 Å². The minimum Gasteiger partial charge on any atom is -0.335 e. The smallest absolute Gasteiger partial charge is 0.272 e. The van der Waals surface area contributed by atoms with Crippen molar-refractivity contribution in [3.63, 3.8) is 0 Å². The molecule has 0 spiro atoms.